The van der Waals surface area contributed by atoms with Crippen molar-refractivity contribution in [2.24, 2.45) is 11.3 Å². The molecule has 0 atom stereocenters. The van der Waals surface area contributed by atoms with Gasteiger partial charge in [-0.2, -0.15) is 0 Å². The van der Waals surface area contributed by atoms with Crippen molar-refractivity contribution in [1.82, 2.24) is 9.55 Å². The summed E-state index contributed by atoms with van der Waals surface area (Å²) in [6.07, 6.45) is 9.21. The maximum atomic E-state index is 9.12. The highest BCUT2D eigenvalue weighted by molar-refractivity contribution is 5.06. The largest absolute Gasteiger partial charge is 0.390 e. The summed E-state index contributed by atoms with van der Waals surface area (Å²) in [5.41, 5.74) is 1.54. The van der Waals surface area contributed by atoms with E-state index in [1.165, 1.54) is 25.7 Å². The van der Waals surface area contributed by atoms with Crippen molar-refractivity contribution in [3.63, 3.8) is 0 Å². The van der Waals surface area contributed by atoms with E-state index in [-0.39, 0.29) is 6.61 Å². The van der Waals surface area contributed by atoms with Gasteiger partial charge in [0.25, 0.3) is 0 Å². The predicted molar refractivity (Wildman–Crippen MR) is 52.5 cm³/mol. The first-order valence-electron chi connectivity index (χ1n) is 5.44. The van der Waals surface area contributed by atoms with Crippen LogP contribution in [-0.4, -0.2) is 14.7 Å². The second-order valence-corrected chi connectivity index (χ2v) is 4.81. The van der Waals surface area contributed by atoms with Crippen molar-refractivity contribution in [2.75, 3.05) is 0 Å². The molecule has 1 N–H and O–H groups in total. The average Bonchev–Trinajstić information content (AvgIpc) is 3.04. The van der Waals surface area contributed by atoms with Gasteiger partial charge in [0.05, 0.1) is 24.8 Å². The van der Waals surface area contributed by atoms with Gasteiger partial charge in [0, 0.05) is 6.54 Å². The van der Waals surface area contributed by atoms with Crippen LogP contribution in [0.2, 0.25) is 0 Å². The first-order valence-corrected chi connectivity index (χ1v) is 5.44. The van der Waals surface area contributed by atoms with Crippen LogP contribution >= 0.6 is 0 Å². The van der Waals surface area contributed by atoms with Crippen LogP contribution in [0.1, 0.15) is 31.4 Å². The number of nitrogens with zero attached hydrogens (tertiary/aromatic N) is 2. The van der Waals surface area contributed by atoms with Gasteiger partial charge < -0.3 is 9.67 Å². The lowest BCUT2D eigenvalue weighted by Crippen LogP contribution is -2.15. The Hall–Kier alpha value is -0.830. The summed E-state index contributed by atoms with van der Waals surface area (Å²) in [6, 6.07) is 0. The Labute approximate surface area is 83.8 Å². The number of aliphatic hydroxyl groups excluding tert-OH is 1. The third kappa shape index (κ3) is 1.27. The lowest BCUT2D eigenvalue weighted by atomic mass is 10.0. The van der Waals surface area contributed by atoms with Gasteiger partial charge in [-0.05, 0) is 37.0 Å². The van der Waals surface area contributed by atoms with Gasteiger partial charge in [-0.25, -0.2) is 4.98 Å². The van der Waals surface area contributed by atoms with Gasteiger partial charge in [0.2, 0.25) is 0 Å². The van der Waals surface area contributed by atoms with Gasteiger partial charge in [-0.1, -0.05) is 0 Å². The highest BCUT2D eigenvalue weighted by atomic mass is 16.3. The maximum absolute atomic E-state index is 9.12. The zero-order chi connectivity index (χ0) is 9.60. The van der Waals surface area contributed by atoms with Crippen LogP contribution in [0.4, 0.5) is 0 Å². The lowest BCUT2D eigenvalue weighted by molar-refractivity contribution is 0.262. The van der Waals surface area contributed by atoms with Crippen LogP contribution in [-0.2, 0) is 13.2 Å². The van der Waals surface area contributed by atoms with E-state index in [2.05, 4.69) is 9.55 Å². The first kappa shape index (κ1) is 8.48. The fourth-order valence-electron chi connectivity index (χ4n) is 2.51. The van der Waals surface area contributed by atoms with Crippen LogP contribution in [0.5, 0.6) is 0 Å². The van der Waals surface area contributed by atoms with Crippen LogP contribution in [0, 0.1) is 11.3 Å². The van der Waals surface area contributed by atoms with Gasteiger partial charge in [0.15, 0.2) is 0 Å². The highest BCUT2D eigenvalue weighted by Gasteiger charge is 2.53. The minimum atomic E-state index is 0.112. The van der Waals surface area contributed by atoms with E-state index in [9.17, 15) is 0 Å². The molecule has 2 fully saturated rings. The van der Waals surface area contributed by atoms with Gasteiger partial charge in [0.1, 0.15) is 0 Å². The van der Waals surface area contributed by atoms with Crippen molar-refractivity contribution in [1.29, 1.82) is 0 Å². The molecule has 1 heterocycles. The Kier molecular flexibility index (Phi) is 1.71. The SMILES string of the molecule is OCc1cncn1CC1(C2CC2)CC1. The molecule has 3 nitrogen and oxygen atoms in total. The molecule has 0 radical (unpaired) electrons. The fraction of sp³-hybridized carbons (Fsp3) is 0.727. The summed E-state index contributed by atoms with van der Waals surface area (Å²) in [7, 11) is 0. The molecule has 3 rings (SSSR count). The molecular weight excluding hydrogens is 176 g/mol. The van der Waals surface area contributed by atoms with Gasteiger partial charge in [-0.3, -0.25) is 0 Å². The zero-order valence-corrected chi connectivity index (χ0v) is 8.32. The topological polar surface area (TPSA) is 38.1 Å². The average molecular weight is 192 g/mol. The molecule has 0 spiro atoms. The molecular formula is C11H16N2O. The molecule has 0 aromatic carbocycles. The molecule has 1 aromatic heterocycles. The zero-order valence-electron chi connectivity index (χ0n) is 8.32. The quantitative estimate of drug-likeness (QED) is 0.786. The summed E-state index contributed by atoms with van der Waals surface area (Å²) in [6.45, 7) is 1.19. The minimum Gasteiger partial charge on any atom is -0.390 e. The number of aromatic nitrogens is 2. The van der Waals surface area contributed by atoms with Crippen molar-refractivity contribution in [3.8, 4) is 0 Å². The van der Waals surface area contributed by atoms with Gasteiger partial charge in [-0.15, -0.1) is 0 Å². The van der Waals surface area contributed by atoms with Crippen LogP contribution < -0.4 is 0 Å². The van der Waals surface area contributed by atoms with Gasteiger partial charge >= 0.3 is 0 Å². The molecule has 0 amide bonds. The highest BCUT2D eigenvalue weighted by Crippen LogP contribution is 2.62. The molecule has 2 aliphatic carbocycles. The molecule has 3 heteroatoms. The third-order valence-corrected chi connectivity index (χ3v) is 3.78. The van der Waals surface area contributed by atoms with E-state index >= 15 is 0 Å². The number of hydrogen-bond donors (Lipinski definition) is 1. The Morgan fingerprint density at radius 2 is 2.29 bits per heavy atom. The van der Waals surface area contributed by atoms with E-state index < -0.39 is 0 Å². The molecule has 0 bridgehead atoms. The summed E-state index contributed by atoms with van der Waals surface area (Å²) >= 11 is 0. The maximum Gasteiger partial charge on any atom is 0.0949 e. The summed E-state index contributed by atoms with van der Waals surface area (Å²) in [5.74, 6) is 0.969. The monoisotopic (exact) mass is 192 g/mol. The molecule has 2 saturated carbocycles. The van der Waals surface area contributed by atoms with Crippen LogP contribution in [0.25, 0.3) is 0 Å². The van der Waals surface area contributed by atoms with Crippen LogP contribution in [0.3, 0.4) is 0 Å². The molecule has 14 heavy (non-hydrogen) atoms. The second kappa shape index (κ2) is 2.83. The summed E-state index contributed by atoms with van der Waals surface area (Å²) in [4.78, 5) is 4.09. The standard InChI is InChI=1S/C11H16N2O/c14-6-10-5-12-8-13(10)7-11(3-4-11)9-1-2-9/h5,8-9,14H,1-4,6-7H2. The Balaban J connectivity index is 1.77. The lowest BCUT2D eigenvalue weighted by Gasteiger charge is -2.16. The van der Waals surface area contributed by atoms with E-state index in [1.807, 2.05) is 6.33 Å². The van der Waals surface area contributed by atoms with E-state index in [0.717, 1.165) is 18.2 Å². The predicted octanol–water partition coefficient (Wildman–Crippen LogP) is 1.57. The third-order valence-electron chi connectivity index (χ3n) is 3.78. The molecule has 0 unspecified atom stereocenters. The summed E-state index contributed by atoms with van der Waals surface area (Å²) in [5, 5.41) is 9.12. The molecule has 0 aliphatic heterocycles. The Morgan fingerprint density at radius 3 is 2.86 bits per heavy atom. The van der Waals surface area contributed by atoms with Crippen molar-refractivity contribution in [3.05, 3.63) is 18.2 Å². The molecule has 1 aromatic rings. The van der Waals surface area contributed by atoms with Crippen molar-refractivity contribution in [2.45, 2.75) is 38.8 Å². The normalized spacial score (nSPS) is 23.8. The van der Waals surface area contributed by atoms with E-state index in [1.54, 1.807) is 6.20 Å². The van der Waals surface area contributed by atoms with Crippen molar-refractivity contribution >= 4 is 0 Å². The van der Waals surface area contributed by atoms with Crippen molar-refractivity contribution < 1.29 is 5.11 Å². The van der Waals surface area contributed by atoms with E-state index in [0.29, 0.717) is 5.41 Å². The molecule has 76 valence electrons. The fourth-order valence-corrected chi connectivity index (χ4v) is 2.51. The number of aliphatic hydroxyl groups is 1. The smallest absolute Gasteiger partial charge is 0.0949 e. The molecule has 0 saturated heterocycles. The molecule has 2 aliphatic rings. The summed E-state index contributed by atoms with van der Waals surface area (Å²) < 4.78 is 2.13. The van der Waals surface area contributed by atoms with Crippen LogP contribution in [0.15, 0.2) is 12.5 Å². The Bertz CT molecular complexity index is 337. The minimum absolute atomic E-state index is 0.112. The first-order chi connectivity index (χ1) is 6.84. The number of imidazole rings is 1. The number of hydrogen-bond acceptors (Lipinski definition) is 2. The Morgan fingerprint density at radius 1 is 1.50 bits per heavy atom. The number of rotatable bonds is 4. The van der Waals surface area contributed by atoms with E-state index in [4.69, 9.17) is 5.11 Å². The second-order valence-electron chi connectivity index (χ2n) is 4.81.